The summed E-state index contributed by atoms with van der Waals surface area (Å²) in [6.07, 6.45) is 3.48. The molecule has 0 unspecified atom stereocenters. The molecule has 224 valence electrons. The molecule has 0 heteroatoms. The first-order valence-corrected chi connectivity index (χ1v) is 16.2. The quantitative estimate of drug-likeness (QED) is 0.228. The number of hydrogen-bond acceptors (Lipinski definition) is 0. The van der Waals surface area contributed by atoms with Crippen molar-refractivity contribution in [3.63, 3.8) is 0 Å². The van der Waals surface area contributed by atoms with Crippen LogP contribution in [0.4, 0.5) is 0 Å². The summed E-state index contributed by atoms with van der Waals surface area (Å²) >= 11 is 0. The van der Waals surface area contributed by atoms with Gasteiger partial charge in [-0.2, -0.15) is 0 Å². The van der Waals surface area contributed by atoms with Crippen molar-refractivity contribution in [2.24, 2.45) is 5.41 Å². The predicted molar refractivity (Wildman–Crippen MR) is 190 cm³/mol. The van der Waals surface area contributed by atoms with E-state index in [1.165, 1.54) is 77.2 Å². The fraction of sp³-hybridized carbons (Fsp3) is 0.318. The SMILES string of the molecule is CC1=C(C2=c3cc(C(C)(C)C)c(=C(c4ccccc4)c4ccccc4)cc3-c3ccc(C(C)(C)C)cc32)CC(C(C)(C)C)=C1. The monoisotopic (exact) mass is 576 g/mol. The van der Waals surface area contributed by atoms with Gasteiger partial charge < -0.3 is 0 Å². The molecule has 6 rings (SSSR count). The molecular formula is C44H48. The summed E-state index contributed by atoms with van der Waals surface area (Å²) in [5, 5.41) is 2.71. The van der Waals surface area contributed by atoms with Crippen molar-refractivity contribution in [3.8, 4) is 11.1 Å². The number of hydrogen-bond donors (Lipinski definition) is 0. The molecule has 0 bridgehead atoms. The minimum atomic E-state index is -0.0520. The van der Waals surface area contributed by atoms with Gasteiger partial charge >= 0.3 is 0 Å². The highest BCUT2D eigenvalue weighted by Crippen LogP contribution is 2.46. The zero-order valence-electron chi connectivity index (χ0n) is 28.4. The Labute approximate surface area is 265 Å². The summed E-state index contributed by atoms with van der Waals surface area (Å²) < 4.78 is 0. The van der Waals surface area contributed by atoms with Crippen molar-refractivity contribution in [3.05, 3.63) is 152 Å². The molecule has 0 heterocycles. The van der Waals surface area contributed by atoms with E-state index >= 15 is 0 Å². The van der Waals surface area contributed by atoms with Gasteiger partial charge in [0.05, 0.1) is 0 Å². The zero-order chi connectivity index (χ0) is 31.6. The van der Waals surface area contributed by atoms with E-state index in [0.29, 0.717) is 0 Å². The van der Waals surface area contributed by atoms with Crippen LogP contribution in [0, 0.1) is 5.41 Å². The highest BCUT2D eigenvalue weighted by atomic mass is 14.4. The summed E-state index contributed by atoms with van der Waals surface area (Å²) in [6.45, 7) is 23.4. The lowest BCUT2D eigenvalue weighted by Gasteiger charge is -2.23. The van der Waals surface area contributed by atoms with Gasteiger partial charge in [-0.3, -0.25) is 0 Å². The minimum absolute atomic E-state index is 0.0520. The molecule has 2 aliphatic carbocycles. The first-order chi connectivity index (χ1) is 20.6. The maximum atomic E-state index is 2.55. The first-order valence-electron chi connectivity index (χ1n) is 16.2. The van der Waals surface area contributed by atoms with Crippen LogP contribution in [0.1, 0.15) is 103 Å². The molecule has 0 nitrogen and oxygen atoms in total. The van der Waals surface area contributed by atoms with Crippen LogP contribution in [-0.2, 0) is 10.8 Å². The smallest absolute Gasteiger partial charge is 0.00357 e. The largest absolute Gasteiger partial charge is 0.0622 e. The van der Waals surface area contributed by atoms with Crippen LogP contribution in [0.25, 0.3) is 22.3 Å². The highest BCUT2D eigenvalue weighted by Gasteiger charge is 2.32. The fourth-order valence-electron chi connectivity index (χ4n) is 6.96. The minimum Gasteiger partial charge on any atom is -0.0622 e. The Morgan fingerprint density at radius 1 is 0.568 bits per heavy atom. The lowest BCUT2D eigenvalue weighted by Crippen LogP contribution is -2.29. The zero-order valence-corrected chi connectivity index (χ0v) is 28.4. The second-order valence-electron chi connectivity index (χ2n) is 15.9. The van der Waals surface area contributed by atoms with E-state index in [4.69, 9.17) is 0 Å². The molecule has 0 aliphatic heterocycles. The van der Waals surface area contributed by atoms with Crippen LogP contribution in [0.15, 0.2) is 114 Å². The topological polar surface area (TPSA) is 0 Å². The van der Waals surface area contributed by atoms with Crippen molar-refractivity contribution < 1.29 is 0 Å². The second kappa shape index (κ2) is 10.6. The predicted octanol–water partition coefficient (Wildman–Crippen LogP) is 10.4. The third-order valence-corrected chi connectivity index (χ3v) is 9.57. The highest BCUT2D eigenvalue weighted by molar-refractivity contribution is 5.97. The van der Waals surface area contributed by atoms with Crippen molar-refractivity contribution in [1.29, 1.82) is 0 Å². The summed E-state index contributed by atoms with van der Waals surface area (Å²) in [5.74, 6) is 0. The Morgan fingerprint density at radius 2 is 1.16 bits per heavy atom. The number of rotatable bonds is 3. The summed E-state index contributed by atoms with van der Waals surface area (Å²) in [6, 6.07) is 34.2. The molecule has 44 heavy (non-hydrogen) atoms. The Morgan fingerprint density at radius 3 is 1.66 bits per heavy atom. The van der Waals surface area contributed by atoms with Crippen LogP contribution in [-0.4, -0.2) is 0 Å². The van der Waals surface area contributed by atoms with E-state index in [-0.39, 0.29) is 16.2 Å². The molecule has 2 aliphatic rings. The molecule has 0 aromatic heterocycles. The normalized spacial score (nSPS) is 15.0. The van der Waals surface area contributed by atoms with Gasteiger partial charge in [-0.05, 0) is 119 Å². The molecule has 0 spiro atoms. The van der Waals surface area contributed by atoms with Gasteiger partial charge in [0, 0.05) is 0 Å². The second-order valence-corrected chi connectivity index (χ2v) is 15.9. The van der Waals surface area contributed by atoms with E-state index in [2.05, 4.69) is 166 Å². The molecular weight excluding hydrogens is 528 g/mol. The molecule has 4 aromatic carbocycles. The van der Waals surface area contributed by atoms with Gasteiger partial charge in [-0.1, -0.05) is 147 Å². The Bertz CT molecular complexity index is 1900. The molecule has 0 saturated heterocycles. The summed E-state index contributed by atoms with van der Waals surface area (Å²) in [4.78, 5) is 0. The van der Waals surface area contributed by atoms with E-state index in [1.54, 1.807) is 0 Å². The van der Waals surface area contributed by atoms with Gasteiger partial charge in [-0.25, -0.2) is 0 Å². The van der Waals surface area contributed by atoms with Crippen molar-refractivity contribution in [1.82, 2.24) is 0 Å². The van der Waals surface area contributed by atoms with Crippen LogP contribution in [0.5, 0.6) is 0 Å². The average molecular weight is 577 g/mol. The summed E-state index contributed by atoms with van der Waals surface area (Å²) in [5.41, 5.74) is 16.7. The average Bonchev–Trinajstić information content (AvgIpc) is 3.49. The molecule has 4 aromatic rings. The van der Waals surface area contributed by atoms with Gasteiger partial charge in [0.25, 0.3) is 0 Å². The van der Waals surface area contributed by atoms with E-state index in [9.17, 15) is 0 Å². The molecule has 0 saturated carbocycles. The van der Waals surface area contributed by atoms with Crippen LogP contribution in [0.2, 0.25) is 0 Å². The number of fused-ring (bicyclic) bond motifs is 3. The van der Waals surface area contributed by atoms with Crippen molar-refractivity contribution >= 4 is 11.1 Å². The molecule has 0 fully saturated rings. The Balaban J connectivity index is 1.77. The number of benzene rings is 4. The third-order valence-electron chi connectivity index (χ3n) is 9.57. The van der Waals surface area contributed by atoms with Crippen LogP contribution < -0.4 is 10.4 Å². The van der Waals surface area contributed by atoms with Crippen molar-refractivity contribution in [2.45, 2.75) is 86.5 Å². The van der Waals surface area contributed by atoms with Crippen molar-refractivity contribution in [2.75, 3.05) is 0 Å². The molecule has 0 N–H and O–H groups in total. The molecule has 0 amide bonds. The van der Waals surface area contributed by atoms with Crippen LogP contribution in [0.3, 0.4) is 0 Å². The molecule has 0 radical (unpaired) electrons. The van der Waals surface area contributed by atoms with Gasteiger partial charge in [0.1, 0.15) is 0 Å². The maximum absolute atomic E-state index is 2.55. The maximum Gasteiger partial charge on any atom is -0.00357 e. The van der Waals surface area contributed by atoms with E-state index < -0.39 is 0 Å². The number of allylic oxidation sites excluding steroid dienone is 4. The standard InChI is InChI=1S/C44H48/c1-28-23-32(43(5,6)7)25-34(28)41-36-24-31(42(2,3)4)21-22-33(36)35-26-38(39(27-37(35)41)44(8,9)10)40(29-17-13-11-14-18-29)30-19-15-12-16-20-30/h11-24,26-27H,25H2,1-10H3. The van der Waals surface area contributed by atoms with Crippen LogP contribution >= 0.6 is 0 Å². The molecule has 0 atom stereocenters. The third kappa shape index (κ3) is 5.34. The van der Waals surface area contributed by atoms with E-state index in [0.717, 1.165) is 6.42 Å². The fourth-order valence-corrected chi connectivity index (χ4v) is 6.96. The van der Waals surface area contributed by atoms with E-state index in [1.807, 2.05) is 0 Å². The van der Waals surface area contributed by atoms with Gasteiger partial charge in [0.2, 0.25) is 0 Å². The summed E-state index contributed by atoms with van der Waals surface area (Å²) in [7, 11) is 0. The lowest BCUT2D eigenvalue weighted by atomic mass is 9.81. The Kier molecular flexibility index (Phi) is 7.28. The van der Waals surface area contributed by atoms with Gasteiger partial charge in [0.15, 0.2) is 0 Å². The lowest BCUT2D eigenvalue weighted by molar-refractivity contribution is 0.495. The van der Waals surface area contributed by atoms with Gasteiger partial charge in [-0.15, -0.1) is 0 Å². The first kappa shape index (κ1) is 30.1. The Hall–Kier alpha value is -3.90.